The molecule has 0 aliphatic carbocycles. The monoisotopic (exact) mass is 128 g/mol. The molecular formula is C6H9FN2. The number of aryl methyl sites for hydroxylation is 1. The Kier molecular flexibility index (Phi) is 1.82. The van der Waals surface area contributed by atoms with Gasteiger partial charge >= 0.3 is 0 Å². The molecule has 1 aromatic heterocycles. The number of alkyl halides is 1. The predicted octanol–water partition coefficient (Wildman–Crippen LogP) is 1.37. The van der Waals surface area contributed by atoms with E-state index in [4.69, 9.17) is 0 Å². The molecule has 0 bridgehead atoms. The zero-order valence-electron chi connectivity index (χ0n) is 5.34. The Labute approximate surface area is 53.3 Å². The molecule has 0 fully saturated rings. The number of rotatable bonds is 2. The smallest absolute Gasteiger partial charge is 0.181 e. The summed E-state index contributed by atoms with van der Waals surface area (Å²) in [6, 6.07) is 0. The molecule has 3 heteroatoms. The summed E-state index contributed by atoms with van der Waals surface area (Å²) in [4.78, 5) is 0. The summed E-state index contributed by atoms with van der Waals surface area (Å²) >= 11 is 0. The molecule has 0 aromatic carbocycles. The van der Waals surface area contributed by atoms with E-state index in [-0.39, 0.29) is 0 Å². The maximum Gasteiger partial charge on any atom is 0.181 e. The second kappa shape index (κ2) is 2.62. The fourth-order valence-electron chi connectivity index (χ4n) is 0.654. The lowest BCUT2D eigenvalue weighted by atomic mass is 10.3. The standard InChI is InChI=1S/C6H9FN2/c1-2-6-3-8-9(4-6)5-7/h3-4H,2,5H2,1H3. The van der Waals surface area contributed by atoms with Crippen molar-refractivity contribution in [3.8, 4) is 0 Å². The van der Waals surface area contributed by atoms with Gasteiger partial charge in [0.15, 0.2) is 6.80 Å². The van der Waals surface area contributed by atoms with Gasteiger partial charge in [-0.3, -0.25) is 0 Å². The minimum atomic E-state index is -0.528. The molecule has 0 saturated heterocycles. The van der Waals surface area contributed by atoms with Crippen LogP contribution in [0.3, 0.4) is 0 Å². The first kappa shape index (κ1) is 6.26. The van der Waals surface area contributed by atoms with E-state index < -0.39 is 6.80 Å². The lowest BCUT2D eigenvalue weighted by molar-refractivity contribution is 0.349. The third kappa shape index (κ3) is 1.28. The van der Waals surface area contributed by atoms with E-state index in [1.165, 1.54) is 4.68 Å². The Balaban J connectivity index is 2.74. The Morgan fingerprint density at radius 2 is 2.56 bits per heavy atom. The minimum Gasteiger partial charge on any atom is -0.242 e. The van der Waals surface area contributed by atoms with E-state index in [9.17, 15) is 4.39 Å². The predicted molar refractivity (Wildman–Crippen MR) is 32.7 cm³/mol. The Morgan fingerprint density at radius 3 is 2.89 bits per heavy atom. The van der Waals surface area contributed by atoms with Crippen molar-refractivity contribution in [2.45, 2.75) is 20.1 Å². The van der Waals surface area contributed by atoms with Crippen molar-refractivity contribution >= 4 is 0 Å². The molecule has 50 valence electrons. The Bertz CT molecular complexity index is 164. The van der Waals surface area contributed by atoms with Crippen molar-refractivity contribution in [3.05, 3.63) is 18.0 Å². The van der Waals surface area contributed by atoms with Gasteiger partial charge in [0.25, 0.3) is 0 Å². The molecule has 0 saturated carbocycles. The minimum absolute atomic E-state index is 0.528. The van der Waals surface area contributed by atoms with Crippen LogP contribution in [0, 0.1) is 0 Å². The van der Waals surface area contributed by atoms with Crippen LogP contribution < -0.4 is 0 Å². The molecule has 1 heterocycles. The van der Waals surface area contributed by atoms with Crippen LogP contribution in [0.4, 0.5) is 4.39 Å². The normalized spacial score (nSPS) is 10.0. The number of nitrogens with zero attached hydrogens (tertiary/aromatic N) is 2. The molecule has 0 amide bonds. The fourth-order valence-corrected chi connectivity index (χ4v) is 0.654. The SMILES string of the molecule is CCc1cnn(CF)c1. The van der Waals surface area contributed by atoms with Gasteiger partial charge in [-0.2, -0.15) is 5.10 Å². The van der Waals surface area contributed by atoms with Crippen LogP contribution in [0.15, 0.2) is 12.4 Å². The third-order valence-corrected chi connectivity index (χ3v) is 1.22. The molecule has 0 N–H and O–H groups in total. The van der Waals surface area contributed by atoms with E-state index in [1.807, 2.05) is 6.92 Å². The van der Waals surface area contributed by atoms with Gasteiger partial charge in [-0.1, -0.05) is 6.92 Å². The average Bonchev–Trinajstić information content (AvgIpc) is 2.34. The fraction of sp³-hybridized carbons (Fsp3) is 0.500. The molecular weight excluding hydrogens is 119 g/mol. The summed E-state index contributed by atoms with van der Waals surface area (Å²) in [5.41, 5.74) is 1.08. The first-order valence-electron chi connectivity index (χ1n) is 2.94. The van der Waals surface area contributed by atoms with E-state index in [0.29, 0.717) is 0 Å². The zero-order valence-corrected chi connectivity index (χ0v) is 5.34. The van der Waals surface area contributed by atoms with Crippen LogP contribution >= 0.6 is 0 Å². The second-order valence-electron chi connectivity index (χ2n) is 1.86. The van der Waals surface area contributed by atoms with Crippen LogP contribution in [0.2, 0.25) is 0 Å². The summed E-state index contributed by atoms with van der Waals surface area (Å²) in [6.45, 7) is 1.49. The van der Waals surface area contributed by atoms with Crippen LogP contribution in [-0.2, 0) is 13.2 Å². The van der Waals surface area contributed by atoms with Crippen LogP contribution in [0.5, 0.6) is 0 Å². The van der Waals surface area contributed by atoms with Gasteiger partial charge in [-0.15, -0.1) is 0 Å². The zero-order chi connectivity index (χ0) is 6.69. The highest BCUT2D eigenvalue weighted by Crippen LogP contribution is 1.97. The summed E-state index contributed by atoms with van der Waals surface area (Å²) in [6.07, 6.45) is 4.31. The highest BCUT2D eigenvalue weighted by Gasteiger charge is 1.92. The van der Waals surface area contributed by atoms with Crippen molar-refractivity contribution in [2.75, 3.05) is 0 Å². The summed E-state index contributed by atoms with van der Waals surface area (Å²) in [5.74, 6) is 0. The van der Waals surface area contributed by atoms with Crippen molar-refractivity contribution in [3.63, 3.8) is 0 Å². The molecule has 0 radical (unpaired) electrons. The molecule has 9 heavy (non-hydrogen) atoms. The number of halogens is 1. The van der Waals surface area contributed by atoms with Gasteiger partial charge in [0.2, 0.25) is 0 Å². The summed E-state index contributed by atoms with van der Waals surface area (Å²) < 4.78 is 13.1. The Hall–Kier alpha value is -0.860. The molecule has 1 aromatic rings. The van der Waals surface area contributed by atoms with Gasteiger partial charge in [0.05, 0.1) is 6.20 Å². The molecule has 2 nitrogen and oxygen atoms in total. The summed E-state index contributed by atoms with van der Waals surface area (Å²) in [7, 11) is 0. The highest BCUT2D eigenvalue weighted by atomic mass is 19.1. The lowest BCUT2D eigenvalue weighted by Gasteiger charge is -1.86. The van der Waals surface area contributed by atoms with Crippen molar-refractivity contribution in [1.82, 2.24) is 9.78 Å². The second-order valence-corrected chi connectivity index (χ2v) is 1.86. The molecule has 0 atom stereocenters. The average molecular weight is 128 g/mol. The van der Waals surface area contributed by atoms with Gasteiger partial charge < -0.3 is 0 Å². The van der Waals surface area contributed by atoms with Crippen LogP contribution in [0.1, 0.15) is 12.5 Å². The van der Waals surface area contributed by atoms with E-state index in [0.717, 1.165) is 12.0 Å². The maximum absolute atomic E-state index is 11.8. The van der Waals surface area contributed by atoms with Crippen molar-refractivity contribution in [2.24, 2.45) is 0 Å². The maximum atomic E-state index is 11.8. The Morgan fingerprint density at radius 1 is 1.78 bits per heavy atom. The number of hydrogen-bond donors (Lipinski definition) is 0. The molecule has 0 spiro atoms. The first-order chi connectivity index (χ1) is 4.36. The van der Waals surface area contributed by atoms with Crippen LogP contribution in [-0.4, -0.2) is 9.78 Å². The quantitative estimate of drug-likeness (QED) is 0.588. The topological polar surface area (TPSA) is 17.8 Å². The first-order valence-corrected chi connectivity index (χ1v) is 2.94. The van der Waals surface area contributed by atoms with Crippen LogP contribution in [0.25, 0.3) is 0 Å². The number of hydrogen-bond acceptors (Lipinski definition) is 1. The molecule has 1 rings (SSSR count). The van der Waals surface area contributed by atoms with E-state index in [2.05, 4.69) is 5.10 Å². The van der Waals surface area contributed by atoms with Gasteiger partial charge in [0.1, 0.15) is 0 Å². The van der Waals surface area contributed by atoms with Gasteiger partial charge in [-0.25, -0.2) is 9.07 Å². The van der Waals surface area contributed by atoms with Gasteiger partial charge in [-0.05, 0) is 12.0 Å². The van der Waals surface area contributed by atoms with E-state index >= 15 is 0 Å². The molecule has 0 aliphatic heterocycles. The van der Waals surface area contributed by atoms with Crippen molar-refractivity contribution < 1.29 is 4.39 Å². The largest absolute Gasteiger partial charge is 0.242 e. The summed E-state index contributed by atoms with van der Waals surface area (Å²) in [5, 5.41) is 3.75. The van der Waals surface area contributed by atoms with Crippen molar-refractivity contribution in [1.29, 1.82) is 0 Å². The molecule has 0 unspecified atom stereocenters. The van der Waals surface area contributed by atoms with E-state index in [1.54, 1.807) is 12.4 Å². The third-order valence-electron chi connectivity index (χ3n) is 1.22. The lowest BCUT2D eigenvalue weighted by Crippen LogP contribution is -1.90. The molecule has 0 aliphatic rings. The highest BCUT2D eigenvalue weighted by molar-refractivity contribution is 5.02. The van der Waals surface area contributed by atoms with Gasteiger partial charge in [0, 0.05) is 6.20 Å². The number of aromatic nitrogens is 2.